The molecule has 0 fully saturated rings. The quantitative estimate of drug-likeness (QED) is 0.607. The summed E-state index contributed by atoms with van der Waals surface area (Å²) in [6.45, 7) is 0. The van der Waals surface area contributed by atoms with Crippen LogP contribution in [-0.4, -0.2) is 20.2 Å². The SMILES string of the molecule is c1ccc2cc(-c3csc(-c4ncn[nH]4)n3)ccc2c1. The molecule has 96 valence electrons. The molecule has 0 spiro atoms. The van der Waals surface area contributed by atoms with Crippen LogP contribution in [0.4, 0.5) is 0 Å². The largest absolute Gasteiger partial charge is 0.257 e. The summed E-state index contributed by atoms with van der Waals surface area (Å²) in [6, 6.07) is 14.7. The fraction of sp³-hybridized carbons (Fsp3) is 0. The Labute approximate surface area is 119 Å². The molecule has 0 aliphatic carbocycles. The van der Waals surface area contributed by atoms with E-state index in [9.17, 15) is 0 Å². The molecule has 0 bridgehead atoms. The minimum atomic E-state index is 0.710. The van der Waals surface area contributed by atoms with Crippen molar-refractivity contribution in [1.82, 2.24) is 20.2 Å². The highest BCUT2D eigenvalue weighted by Gasteiger charge is 2.08. The number of thiazole rings is 1. The summed E-state index contributed by atoms with van der Waals surface area (Å²) in [7, 11) is 0. The van der Waals surface area contributed by atoms with Crippen molar-refractivity contribution < 1.29 is 0 Å². The second-order valence-electron chi connectivity index (χ2n) is 4.43. The van der Waals surface area contributed by atoms with E-state index < -0.39 is 0 Å². The van der Waals surface area contributed by atoms with Crippen molar-refractivity contribution in [3.63, 3.8) is 0 Å². The summed E-state index contributed by atoms with van der Waals surface area (Å²) >= 11 is 1.56. The highest BCUT2D eigenvalue weighted by atomic mass is 32.1. The van der Waals surface area contributed by atoms with Crippen molar-refractivity contribution in [3.8, 4) is 22.1 Å². The molecule has 0 saturated carbocycles. The molecular weight excluding hydrogens is 268 g/mol. The Morgan fingerprint density at radius 3 is 2.75 bits per heavy atom. The zero-order valence-electron chi connectivity index (χ0n) is 10.4. The predicted molar refractivity (Wildman–Crippen MR) is 80.4 cm³/mol. The van der Waals surface area contributed by atoms with Gasteiger partial charge in [0.2, 0.25) is 0 Å². The van der Waals surface area contributed by atoms with Crippen molar-refractivity contribution in [1.29, 1.82) is 0 Å². The molecule has 0 aliphatic rings. The van der Waals surface area contributed by atoms with E-state index in [0.29, 0.717) is 5.82 Å². The molecule has 5 heteroatoms. The number of nitrogens with zero attached hydrogens (tertiary/aromatic N) is 3. The number of rotatable bonds is 2. The van der Waals surface area contributed by atoms with Gasteiger partial charge in [0.15, 0.2) is 10.8 Å². The van der Waals surface area contributed by atoms with Crippen molar-refractivity contribution in [2.45, 2.75) is 0 Å². The Morgan fingerprint density at radius 2 is 1.90 bits per heavy atom. The van der Waals surface area contributed by atoms with Gasteiger partial charge in [-0.2, -0.15) is 5.10 Å². The molecule has 0 aliphatic heterocycles. The number of nitrogens with one attached hydrogen (secondary N) is 1. The van der Waals surface area contributed by atoms with Gasteiger partial charge in [-0.25, -0.2) is 9.97 Å². The molecular formula is C15H10N4S. The van der Waals surface area contributed by atoms with Crippen molar-refractivity contribution in [3.05, 3.63) is 54.2 Å². The Morgan fingerprint density at radius 1 is 1.00 bits per heavy atom. The highest BCUT2D eigenvalue weighted by Crippen LogP contribution is 2.28. The minimum Gasteiger partial charge on any atom is -0.257 e. The topological polar surface area (TPSA) is 54.5 Å². The Kier molecular flexibility index (Phi) is 2.57. The first kappa shape index (κ1) is 11.3. The average molecular weight is 278 g/mol. The van der Waals surface area contributed by atoms with Crippen LogP contribution in [0, 0.1) is 0 Å². The van der Waals surface area contributed by atoms with E-state index in [0.717, 1.165) is 16.3 Å². The van der Waals surface area contributed by atoms with Crippen LogP contribution in [0.2, 0.25) is 0 Å². The van der Waals surface area contributed by atoms with Crippen LogP contribution in [-0.2, 0) is 0 Å². The standard InChI is InChI=1S/C15H10N4S/c1-2-4-11-7-12(6-5-10(11)3-1)13-8-20-15(18-13)14-16-9-17-19-14/h1-9H,(H,16,17,19). The number of fused-ring (bicyclic) bond motifs is 1. The van der Waals surface area contributed by atoms with Crippen LogP contribution in [0.3, 0.4) is 0 Å². The van der Waals surface area contributed by atoms with Gasteiger partial charge in [-0.05, 0) is 16.8 Å². The first-order valence-corrected chi connectivity index (χ1v) is 7.08. The number of aromatic amines is 1. The number of hydrogen-bond acceptors (Lipinski definition) is 4. The van der Waals surface area contributed by atoms with E-state index >= 15 is 0 Å². The van der Waals surface area contributed by atoms with Crippen molar-refractivity contribution in [2.75, 3.05) is 0 Å². The van der Waals surface area contributed by atoms with E-state index in [4.69, 9.17) is 0 Å². The number of aromatic nitrogens is 4. The zero-order valence-corrected chi connectivity index (χ0v) is 11.3. The molecule has 2 aromatic carbocycles. The number of hydrogen-bond donors (Lipinski definition) is 1. The monoisotopic (exact) mass is 278 g/mol. The lowest BCUT2D eigenvalue weighted by molar-refractivity contribution is 1.09. The third kappa shape index (κ3) is 1.88. The lowest BCUT2D eigenvalue weighted by atomic mass is 10.1. The molecule has 0 atom stereocenters. The molecule has 2 heterocycles. The predicted octanol–water partition coefficient (Wildman–Crippen LogP) is 3.75. The third-order valence-corrected chi connectivity index (χ3v) is 4.02. The molecule has 4 rings (SSSR count). The summed E-state index contributed by atoms with van der Waals surface area (Å²) in [6.07, 6.45) is 1.49. The smallest absolute Gasteiger partial charge is 0.184 e. The zero-order chi connectivity index (χ0) is 13.4. The molecule has 0 saturated heterocycles. The van der Waals surface area contributed by atoms with Gasteiger partial charge < -0.3 is 0 Å². The fourth-order valence-corrected chi connectivity index (χ4v) is 2.95. The molecule has 0 unspecified atom stereocenters. The van der Waals surface area contributed by atoms with Crippen molar-refractivity contribution >= 4 is 22.1 Å². The second kappa shape index (κ2) is 4.54. The van der Waals surface area contributed by atoms with Gasteiger partial charge in [0, 0.05) is 10.9 Å². The van der Waals surface area contributed by atoms with Gasteiger partial charge in [-0.3, -0.25) is 5.10 Å². The molecule has 4 nitrogen and oxygen atoms in total. The highest BCUT2D eigenvalue weighted by molar-refractivity contribution is 7.13. The Balaban J connectivity index is 1.79. The van der Waals surface area contributed by atoms with Gasteiger partial charge in [0.25, 0.3) is 0 Å². The van der Waals surface area contributed by atoms with E-state index in [1.807, 2.05) is 17.5 Å². The summed E-state index contributed by atoms with van der Waals surface area (Å²) < 4.78 is 0. The second-order valence-corrected chi connectivity index (χ2v) is 5.29. The van der Waals surface area contributed by atoms with Gasteiger partial charge in [0.05, 0.1) is 5.69 Å². The van der Waals surface area contributed by atoms with Crippen LogP contribution in [0.5, 0.6) is 0 Å². The van der Waals surface area contributed by atoms with E-state index in [2.05, 4.69) is 50.5 Å². The summed E-state index contributed by atoms with van der Waals surface area (Å²) in [5, 5.41) is 12.0. The third-order valence-electron chi connectivity index (χ3n) is 3.17. The molecule has 2 aromatic heterocycles. The summed E-state index contributed by atoms with van der Waals surface area (Å²) in [4.78, 5) is 8.74. The van der Waals surface area contributed by atoms with E-state index in [1.54, 1.807) is 11.3 Å². The summed E-state index contributed by atoms with van der Waals surface area (Å²) in [5.74, 6) is 0.710. The van der Waals surface area contributed by atoms with Gasteiger partial charge >= 0.3 is 0 Å². The molecule has 4 aromatic rings. The molecule has 0 radical (unpaired) electrons. The van der Waals surface area contributed by atoms with Crippen LogP contribution < -0.4 is 0 Å². The van der Waals surface area contributed by atoms with Crippen LogP contribution in [0.15, 0.2) is 54.2 Å². The van der Waals surface area contributed by atoms with E-state index in [-0.39, 0.29) is 0 Å². The van der Waals surface area contributed by atoms with Crippen LogP contribution >= 0.6 is 11.3 Å². The fourth-order valence-electron chi connectivity index (χ4n) is 2.17. The Bertz CT molecular complexity index is 864. The lowest BCUT2D eigenvalue weighted by Crippen LogP contribution is -1.82. The van der Waals surface area contributed by atoms with E-state index in [1.165, 1.54) is 17.1 Å². The maximum atomic E-state index is 4.61. The lowest BCUT2D eigenvalue weighted by Gasteiger charge is -2.00. The normalized spacial score (nSPS) is 11.0. The number of benzene rings is 2. The maximum absolute atomic E-state index is 4.61. The first-order valence-electron chi connectivity index (χ1n) is 6.20. The number of H-pyrrole nitrogens is 1. The van der Waals surface area contributed by atoms with Crippen molar-refractivity contribution in [2.24, 2.45) is 0 Å². The molecule has 0 amide bonds. The van der Waals surface area contributed by atoms with Gasteiger partial charge in [0.1, 0.15) is 6.33 Å². The Hall–Kier alpha value is -2.53. The van der Waals surface area contributed by atoms with Crippen LogP contribution in [0.25, 0.3) is 32.9 Å². The van der Waals surface area contributed by atoms with Gasteiger partial charge in [-0.15, -0.1) is 11.3 Å². The van der Waals surface area contributed by atoms with Gasteiger partial charge in [-0.1, -0.05) is 36.4 Å². The maximum Gasteiger partial charge on any atom is 0.184 e. The first-order chi connectivity index (χ1) is 9.90. The summed E-state index contributed by atoms with van der Waals surface area (Å²) in [5.41, 5.74) is 2.08. The van der Waals surface area contributed by atoms with Crippen LogP contribution in [0.1, 0.15) is 0 Å². The minimum absolute atomic E-state index is 0.710. The average Bonchev–Trinajstić information content (AvgIpc) is 3.17. The molecule has 20 heavy (non-hydrogen) atoms. The molecule has 1 N–H and O–H groups in total.